The number of amides is 1. The number of ether oxygens (including phenoxy) is 1. The summed E-state index contributed by atoms with van der Waals surface area (Å²) in [7, 11) is 0. The standard InChI is InChI=1S/C17H24FN5O2.HI/c18-14-1-3-15(4-2-14)21-5-7-23(8-6-21)17(19)20-13-16(24)22-9-11-25-12-10-22;/h1-4H,5-13H2,(H2,19,20);1H. The Morgan fingerprint density at radius 3 is 2.27 bits per heavy atom. The van der Waals surface area contributed by atoms with Crippen LogP contribution in [0.1, 0.15) is 0 Å². The van der Waals surface area contributed by atoms with Crippen LogP contribution < -0.4 is 10.6 Å². The second-order valence-corrected chi connectivity index (χ2v) is 6.12. The number of hydrogen-bond acceptors (Lipinski definition) is 4. The van der Waals surface area contributed by atoms with Gasteiger partial charge in [-0.15, -0.1) is 24.0 Å². The molecule has 0 aliphatic carbocycles. The first-order valence-corrected chi connectivity index (χ1v) is 8.54. The molecule has 3 rings (SSSR count). The predicted molar refractivity (Wildman–Crippen MR) is 109 cm³/mol. The van der Waals surface area contributed by atoms with Crippen LogP contribution in [0.3, 0.4) is 0 Å². The molecule has 7 nitrogen and oxygen atoms in total. The van der Waals surface area contributed by atoms with Crippen molar-refractivity contribution in [1.29, 1.82) is 0 Å². The van der Waals surface area contributed by atoms with E-state index >= 15 is 0 Å². The number of nitrogens with two attached hydrogens (primary N) is 1. The van der Waals surface area contributed by atoms with Crippen LogP contribution in [0.2, 0.25) is 0 Å². The lowest BCUT2D eigenvalue weighted by Gasteiger charge is -2.36. The number of guanidine groups is 1. The van der Waals surface area contributed by atoms with Gasteiger partial charge in [-0.2, -0.15) is 0 Å². The van der Waals surface area contributed by atoms with E-state index in [9.17, 15) is 9.18 Å². The lowest BCUT2D eigenvalue weighted by atomic mass is 10.2. The molecule has 2 heterocycles. The number of morpholine rings is 1. The fraction of sp³-hybridized carbons (Fsp3) is 0.529. The summed E-state index contributed by atoms with van der Waals surface area (Å²) < 4.78 is 18.2. The van der Waals surface area contributed by atoms with Crippen molar-refractivity contribution in [2.24, 2.45) is 10.7 Å². The molecule has 2 saturated heterocycles. The molecule has 0 spiro atoms. The largest absolute Gasteiger partial charge is 0.378 e. The van der Waals surface area contributed by atoms with E-state index < -0.39 is 0 Å². The van der Waals surface area contributed by atoms with Crippen LogP contribution >= 0.6 is 24.0 Å². The normalized spacial score (nSPS) is 18.5. The molecule has 9 heteroatoms. The number of anilines is 1. The number of carbonyl (C=O) groups excluding carboxylic acids is 1. The van der Waals surface area contributed by atoms with Gasteiger partial charge in [0.05, 0.1) is 13.2 Å². The van der Waals surface area contributed by atoms with Crippen LogP contribution in [0, 0.1) is 5.82 Å². The number of carbonyl (C=O) groups is 1. The van der Waals surface area contributed by atoms with Crippen LogP contribution in [0.15, 0.2) is 29.3 Å². The zero-order valence-electron chi connectivity index (χ0n) is 14.6. The van der Waals surface area contributed by atoms with Crippen molar-refractivity contribution in [2.75, 3.05) is 63.9 Å². The molecule has 0 radical (unpaired) electrons. The van der Waals surface area contributed by atoms with Crippen LogP contribution in [0.25, 0.3) is 0 Å². The predicted octanol–water partition coefficient (Wildman–Crippen LogP) is 0.739. The highest BCUT2D eigenvalue weighted by Crippen LogP contribution is 2.16. The van der Waals surface area contributed by atoms with Crippen LogP contribution in [-0.4, -0.2) is 80.7 Å². The van der Waals surface area contributed by atoms with E-state index in [4.69, 9.17) is 10.5 Å². The molecule has 0 bridgehead atoms. The summed E-state index contributed by atoms with van der Waals surface area (Å²) in [5.74, 6) is 0.153. The van der Waals surface area contributed by atoms with E-state index in [1.807, 2.05) is 4.90 Å². The first-order valence-electron chi connectivity index (χ1n) is 8.54. The lowest BCUT2D eigenvalue weighted by molar-refractivity contribution is -0.133. The molecule has 0 atom stereocenters. The average Bonchev–Trinajstić information content (AvgIpc) is 2.67. The average molecular weight is 477 g/mol. The molecular formula is C17H25FIN5O2. The van der Waals surface area contributed by atoms with Crippen molar-refractivity contribution < 1.29 is 13.9 Å². The zero-order chi connectivity index (χ0) is 17.6. The van der Waals surface area contributed by atoms with Gasteiger partial charge in [-0.1, -0.05) is 0 Å². The minimum absolute atomic E-state index is 0. The van der Waals surface area contributed by atoms with E-state index in [-0.39, 0.29) is 42.2 Å². The maximum absolute atomic E-state index is 13.0. The number of aliphatic imine (C=N–C) groups is 1. The Hall–Kier alpha value is -1.62. The van der Waals surface area contributed by atoms with E-state index in [1.165, 1.54) is 12.1 Å². The summed E-state index contributed by atoms with van der Waals surface area (Å²) in [5, 5.41) is 0. The number of hydrogen-bond donors (Lipinski definition) is 1. The third kappa shape index (κ3) is 5.44. The van der Waals surface area contributed by atoms with Gasteiger partial charge in [0, 0.05) is 45.0 Å². The van der Waals surface area contributed by atoms with Gasteiger partial charge >= 0.3 is 0 Å². The molecule has 1 amide bonds. The summed E-state index contributed by atoms with van der Waals surface area (Å²) in [4.78, 5) is 22.3. The lowest BCUT2D eigenvalue weighted by Crippen LogP contribution is -2.51. The molecular weight excluding hydrogens is 452 g/mol. The monoisotopic (exact) mass is 477 g/mol. The topological polar surface area (TPSA) is 74.4 Å². The Morgan fingerprint density at radius 2 is 1.65 bits per heavy atom. The van der Waals surface area contributed by atoms with Crippen LogP contribution in [0.4, 0.5) is 10.1 Å². The van der Waals surface area contributed by atoms with Gasteiger partial charge in [0.1, 0.15) is 12.4 Å². The molecule has 0 unspecified atom stereocenters. The van der Waals surface area contributed by atoms with E-state index in [2.05, 4.69) is 9.89 Å². The molecule has 2 N–H and O–H groups in total. The fourth-order valence-electron chi connectivity index (χ4n) is 3.01. The number of nitrogens with zero attached hydrogens (tertiary/aromatic N) is 4. The molecule has 2 aliphatic rings. The molecule has 26 heavy (non-hydrogen) atoms. The maximum Gasteiger partial charge on any atom is 0.244 e. The van der Waals surface area contributed by atoms with Crippen LogP contribution in [-0.2, 0) is 9.53 Å². The minimum atomic E-state index is -0.233. The molecule has 0 aromatic heterocycles. The highest BCUT2D eigenvalue weighted by atomic mass is 127. The number of piperazine rings is 1. The Bertz CT molecular complexity index is 614. The number of halogens is 2. The molecule has 2 aliphatic heterocycles. The Kier molecular flexibility index (Phi) is 7.88. The SMILES string of the molecule is I.NC(=NCC(=O)N1CCOCC1)N1CCN(c2ccc(F)cc2)CC1. The van der Waals surface area contributed by atoms with Gasteiger partial charge in [-0.25, -0.2) is 9.38 Å². The molecule has 1 aromatic rings. The van der Waals surface area contributed by atoms with Gasteiger partial charge in [-0.05, 0) is 24.3 Å². The molecule has 0 saturated carbocycles. The van der Waals surface area contributed by atoms with Gasteiger partial charge in [-0.3, -0.25) is 4.79 Å². The first-order chi connectivity index (χ1) is 12.1. The van der Waals surface area contributed by atoms with Crippen molar-refractivity contribution in [2.45, 2.75) is 0 Å². The van der Waals surface area contributed by atoms with Gasteiger partial charge < -0.3 is 25.2 Å². The van der Waals surface area contributed by atoms with Crippen molar-refractivity contribution in [3.63, 3.8) is 0 Å². The molecule has 2 fully saturated rings. The van der Waals surface area contributed by atoms with Crippen molar-refractivity contribution >= 4 is 41.5 Å². The summed E-state index contributed by atoms with van der Waals surface area (Å²) in [6.07, 6.45) is 0. The summed E-state index contributed by atoms with van der Waals surface area (Å²) in [6.45, 7) is 5.46. The quantitative estimate of drug-likeness (QED) is 0.395. The molecule has 1 aromatic carbocycles. The smallest absolute Gasteiger partial charge is 0.244 e. The highest BCUT2D eigenvalue weighted by molar-refractivity contribution is 14.0. The fourth-order valence-corrected chi connectivity index (χ4v) is 3.01. The van der Waals surface area contributed by atoms with Crippen molar-refractivity contribution in [3.05, 3.63) is 30.1 Å². The summed E-state index contributed by atoms with van der Waals surface area (Å²) in [6, 6.07) is 6.50. The van der Waals surface area contributed by atoms with Gasteiger partial charge in [0.15, 0.2) is 5.96 Å². The summed E-state index contributed by atoms with van der Waals surface area (Å²) in [5.41, 5.74) is 7.04. The maximum atomic E-state index is 13.0. The Balaban J connectivity index is 0.00000243. The van der Waals surface area contributed by atoms with Crippen molar-refractivity contribution in [1.82, 2.24) is 9.80 Å². The van der Waals surface area contributed by atoms with E-state index in [1.54, 1.807) is 17.0 Å². The molecule has 144 valence electrons. The van der Waals surface area contributed by atoms with E-state index in [0.717, 1.165) is 31.9 Å². The zero-order valence-corrected chi connectivity index (χ0v) is 17.0. The second-order valence-electron chi connectivity index (χ2n) is 6.12. The first kappa shape index (κ1) is 20.7. The summed E-state index contributed by atoms with van der Waals surface area (Å²) >= 11 is 0. The number of benzene rings is 1. The third-order valence-corrected chi connectivity index (χ3v) is 4.54. The second kappa shape index (κ2) is 9.91. The minimum Gasteiger partial charge on any atom is -0.378 e. The Morgan fingerprint density at radius 1 is 1.04 bits per heavy atom. The Labute approximate surface area is 170 Å². The van der Waals surface area contributed by atoms with Crippen LogP contribution in [0.5, 0.6) is 0 Å². The van der Waals surface area contributed by atoms with Gasteiger partial charge in [0.2, 0.25) is 5.91 Å². The van der Waals surface area contributed by atoms with E-state index in [0.29, 0.717) is 32.3 Å². The number of rotatable bonds is 3. The highest BCUT2D eigenvalue weighted by Gasteiger charge is 2.20. The van der Waals surface area contributed by atoms with Crippen molar-refractivity contribution in [3.8, 4) is 0 Å². The third-order valence-electron chi connectivity index (χ3n) is 4.54. The van der Waals surface area contributed by atoms with Gasteiger partial charge in [0.25, 0.3) is 0 Å².